The number of aryl methyl sites for hydroxylation is 2. The van der Waals surface area contributed by atoms with E-state index in [4.69, 9.17) is 17.7 Å². The largest absolute Gasteiger partial charge is 0.298 e. The van der Waals surface area contributed by atoms with Gasteiger partial charge in [-0.15, -0.1) is 30.2 Å². The molecular weight excluding hydrogens is 610 g/mol. The molecule has 4 rings (SSSR count). The highest BCUT2D eigenvalue weighted by Crippen LogP contribution is 2.25. The van der Waals surface area contributed by atoms with Crippen LogP contribution >= 0.6 is 0 Å². The molecule has 0 unspecified atom stereocenters. The summed E-state index contributed by atoms with van der Waals surface area (Å²) >= 11 is 0. The van der Waals surface area contributed by atoms with Crippen LogP contribution in [0.3, 0.4) is 0 Å². The molecule has 1 amide bonds. The summed E-state index contributed by atoms with van der Waals surface area (Å²) in [6.45, 7) is 10.1. The Labute approximate surface area is 267 Å². The molecule has 2 aromatic carbocycles. The Bertz CT molecular complexity index is 1910. The lowest BCUT2D eigenvalue weighted by Crippen LogP contribution is -2.26. The molecule has 46 heavy (non-hydrogen) atoms. The van der Waals surface area contributed by atoms with Gasteiger partial charge in [0.1, 0.15) is 13.8 Å². The number of hydrogen-bond donors (Lipinski definition) is 0. The highest BCUT2D eigenvalue weighted by Gasteiger charge is 2.22. The van der Waals surface area contributed by atoms with Crippen LogP contribution in [-0.2, 0) is 18.9 Å². The van der Waals surface area contributed by atoms with Crippen LogP contribution in [0, 0.1) is 56.4 Å². The maximum absolute atomic E-state index is 12.0. The van der Waals surface area contributed by atoms with Crippen LogP contribution in [0.15, 0.2) is 36.4 Å². The van der Waals surface area contributed by atoms with Crippen molar-refractivity contribution in [2.24, 2.45) is 14.1 Å². The Morgan fingerprint density at radius 1 is 0.870 bits per heavy atom. The number of non-ortho nitro benzene ring substituents is 2. The summed E-state index contributed by atoms with van der Waals surface area (Å²) in [7, 11) is 5.00. The molecule has 2 aromatic heterocycles. The minimum atomic E-state index is -1.10. The van der Waals surface area contributed by atoms with E-state index < -0.39 is 29.6 Å². The van der Waals surface area contributed by atoms with Crippen molar-refractivity contribution < 1.29 is 24.3 Å². The maximum atomic E-state index is 12.0. The van der Waals surface area contributed by atoms with Gasteiger partial charge in [0, 0.05) is 56.2 Å². The number of nitro groups is 2. The van der Waals surface area contributed by atoms with Crippen LogP contribution < -0.4 is 0 Å². The van der Waals surface area contributed by atoms with Crippen molar-refractivity contribution >= 4 is 52.9 Å². The number of carbonyl (C=O) groups excluding carboxylic acids is 2. The molecule has 0 aliphatic heterocycles. The van der Waals surface area contributed by atoms with Crippen LogP contribution in [0.5, 0.6) is 0 Å². The predicted octanol–water partition coefficient (Wildman–Crippen LogP) is 4.94. The number of benzene rings is 2. The summed E-state index contributed by atoms with van der Waals surface area (Å²) < 4.78 is 2.96. The van der Waals surface area contributed by atoms with E-state index in [1.54, 1.807) is 20.2 Å². The highest BCUT2D eigenvalue weighted by molar-refractivity contribution is 6.83. The van der Waals surface area contributed by atoms with Crippen molar-refractivity contribution in [3.8, 4) is 36.2 Å². The van der Waals surface area contributed by atoms with Gasteiger partial charge >= 0.3 is 0 Å². The second-order valence-corrected chi connectivity index (χ2v) is 15.0. The monoisotopic (exact) mass is 645 g/mol. The maximum Gasteiger partial charge on any atom is 0.298 e. The molecule has 0 spiro atoms. The number of aromatic nitrogens is 4. The van der Waals surface area contributed by atoms with Gasteiger partial charge in [-0.25, -0.2) is 5.06 Å². The molecule has 14 nitrogen and oxygen atoms in total. The van der Waals surface area contributed by atoms with Crippen LogP contribution in [0.1, 0.15) is 34.8 Å². The first-order valence-electron chi connectivity index (χ1n) is 13.3. The number of carbonyl (C=O) groups is 2. The first kappa shape index (κ1) is 38.2. The lowest BCUT2D eigenvalue weighted by Gasteiger charge is -2.11. The van der Waals surface area contributed by atoms with Crippen molar-refractivity contribution in [1.29, 1.82) is 0 Å². The molecule has 0 aliphatic rings. The third kappa shape index (κ3) is 10.1. The summed E-state index contributed by atoms with van der Waals surface area (Å²) in [5, 5.41) is 31.3. The van der Waals surface area contributed by atoms with Gasteiger partial charge in [-0.3, -0.25) is 44.0 Å². The smallest absolute Gasteiger partial charge is 0.277 e. The second-order valence-electron chi connectivity index (χ2n) is 10.2. The van der Waals surface area contributed by atoms with E-state index in [1.165, 1.54) is 53.9 Å². The van der Waals surface area contributed by atoms with E-state index in [0.717, 1.165) is 5.06 Å². The third-order valence-electron chi connectivity index (χ3n) is 5.88. The molecule has 0 N–H and O–H groups in total. The van der Waals surface area contributed by atoms with Crippen LogP contribution in [0.2, 0.25) is 19.6 Å². The SMILES string of the molecule is C#CC(=O)c1nn(C)c2ccc([N+](=O)[O-])cc12.C#C[Si](C)(C)C.CC#CC.CON(C)C(=O)c1nn(C)c2ccc([N+](=O)[O-])cc12. The summed E-state index contributed by atoms with van der Waals surface area (Å²) in [5.41, 5.74) is 3.99. The number of terminal acetylenes is 2. The van der Waals surface area contributed by atoms with Gasteiger partial charge in [-0.1, -0.05) is 19.6 Å². The summed E-state index contributed by atoms with van der Waals surface area (Å²) in [5.74, 6) is 6.26. The van der Waals surface area contributed by atoms with E-state index in [2.05, 4.69) is 47.2 Å². The zero-order chi connectivity index (χ0) is 35.4. The van der Waals surface area contributed by atoms with E-state index >= 15 is 0 Å². The molecule has 0 aliphatic carbocycles. The van der Waals surface area contributed by atoms with Gasteiger partial charge in [0.2, 0.25) is 0 Å². The average Bonchev–Trinajstić information content (AvgIpc) is 3.55. The topological polar surface area (TPSA) is 169 Å². The van der Waals surface area contributed by atoms with Crippen LogP contribution in [0.25, 0.3) is 21.8 Å². The molecule has 0 radical (unpaired) electrons. The Morgan fingerprint density at radius 3 is 1.59 bits per heavy atom. The fourth-order valence-electron chi connectivity index (χ4n) is 3.36. The molecule has 15 heteroatoms. The lowest BCUT2D eigenvalue weighted by atomic mass is 10.1. The zero-order valence-electron chi connectivity index (χ0n) is 27.1. The third-order valence-corrected chi connectivity index (χ3v) is 6.75. The Balaban J connectivity index is 0.000000358. The quantitative estimate of drug-likeness (QED) is 0.0729. The number of hydroxylamine groups is 2. The van der Waals surface area contributed by atoms with E-state index in [-0.39, 0.29) is 22.8 Å². The zero-order valence-corrected chi connectivity index (χ0v) is 28.1. The van der Waals surface area contributed by atoms with Crippen molar-refractivity contribution in [3.05, 3.63) is 68.0 Å². The number of ketones is 1. The average molecular weight is 646 g/mol. The number of hydrogen-bond acceptors (Lipinski definition) is 9. The van der Waals surface area contributed by atoms with E-state index in [9.17, 15) is 29.8 Å². The van der Waals surface area contributed by atoms with E-state index in [1.807, 2.05) is 19.8 Å². The number of nitrogens with zero attached hydrogens (tertiary/aromatic N) is 7. The van der Waals surface area contributed by atoms with Gasteiger partial charge < -0.3 is 0 Å². The number of amides is 1. The number of fused-ring (bicyclic) bond motifs is 2. The molecule has 0 atom stereocenters. The number of nitro benzene ring substituents is 2. The van der Waals surface area contributed by atoms with Crippen molar-refractivity contribution in [1.82, 2.24) is 24.6 Å². The molecule has 0 saturated carbocycles. The predicted molar refractivity (Wildman–Crippen MR) is 178 cm³/mol. The highest BCUT2D eigenvalue weighted by atomic mass is 28.3. The molecule has 2 heterocycles. The Morgan fingerprint density at radius 2 is 1.26 bits per heavy atom. The van der Waals surface area contributed by atoms with E-state index in [0.29, 0.717) is 21.8 Å². The second kappa shape index (κ2) is 16.9. The standard InChI is InChI=1S/C11H12N4O4.C11H7N3O3.C5H10Si.C4H6/c1-13-9-5-4-7(15(17)18)6-8(9)10(12-13)11(16)14(2)19-3;1-3-10(15)11-8-6-7(14(16)17)4-5-9(8)13(2)12-11;1-5-6(2,3)4;1-3-4-2/h4-6H,1-3H3;1,4-6H,2H3;1H,2-4H3;1-2H3. The van der Waals surface area contributed by atoms with Crippen molar-refractivity contribution in [2.45, 2.75) is 33.5 Å². The molecule has 4 aromatic rings. The molecule has 240 valence electrons. The van der Waals surface area contributed by atoms with Gasteiger partial charge in [-0.05, 0) is 31.9 Å². The minimum absolute atomic E-state index is 0.0636. The summed E-state index contributed by atoms with van der Waals surface area (Å²) in [6, 6.07) is 8.45. The molecule has 0 bridgehead atoms. The fraction of sp³-hybridized carbons (Fsp3) is 0.290. The summed E-state index contributed by atoms with van der Waals surface area (Å²) in [4.78, 5) is 48.7. The van der Waals surface area contributed by atoms with Gasteiger partial charge in [0.05, 0.1) is 28.0 Å². The van der Waals surface area contributed by atoms with Gasteiger partial charge in [0.25, 0.3) is 23.1 Å². The molecule has 0 fully saturated rings. The Hall–Kier alpha value is -5.82. The lowest BCUT2D eigenvalue weighted by molar-refractivity contribution is -0.384. The van der Waals surface area contributed by atoms with Gasteiger partial charge in [-0.2, -0.15) is 10.2 Å². The van der Waals surface area contributed by atoms with Crippen LogP contribution in [0.4, 0.5) is 11.4 Å². The van der Waals surface area contributed by atoms with Crippen molar-refractivity contribution in [2.75, 3.05) is 14.2 Å². The van der Waals surface area contributed by atoms with Crippen LogP contribution in [-0.4, -0.2) is 68.4 Å². The van der Waals surface area contributed by atoms with Gasteiger partial charge in [0.15, 0.2) is 5.69 Å². The first-order valence-corrected chi connectivity index (χ1v) is 16.8. The first-order chi connectivity index (χ1) is 21.5. The fourth-order valence-corrected chi connectivity index (χ4v) is 3.36. The minimum Gasteiger partial charge on any atom is -0.277 e. The number of Topliss-reactive ketones (excluding diaryl/α,β-unsaturated/α-hetero) is 1. The summed E-state index contributed by atoms with van der Waals surface area (Å²) in [6.07, 6.45) is 10.1. The normalized spacial score (nSPS) is 9.80. The Kier molecular flexibility index (Phi) is 14.0. The molecular formula is C31H35N7O7Si. The number of rotatable bonds is 5. The van der Waals surface area contributed by atoms with Crippen molar-refractivity contribution in [3.63, 3.8) is 0 Å². The molecule has 0 saturated heterocycles.